The van der Waals surface area contributed by atoms with Crippen LogP contribution in [-0.4, -0.2) is 23.9 Å². The Labute approximate surface area is 137 Å². The lowest BCUT2D eigenvalue weighted by Crippen LogP contribution is -2.21. The first-order valence-corrected chi connectivity index (χ1v) is 9.04. The third-order valence-electron chi connectivity index (χ3n) is 4.00. The minimum Gasteiger partial charge on any atom is -0.508 e. The van der Waals surface area contributed by atoms with Gasteiger partial charge in [-0.25, -0.2) is 8.42 Å². The number of rotatable bonds is 5. The van der Waals surface area contributed by atoms with Crippen LogP contribution >= 0.6 is 0 Å². The van der Waals surface area contributed by atoms with Crippen LogP contribution in [0.4, 0.5) is 0 Å². The van der Waals surface area contributed by atoms with E-state index < -0.39 is 15.1 Å². The number of hydrogen-bond donors (Lipinski definition) is 2. The van der Waals surface area contributed by atoms with E-state index in [1.54, 1.807) is 13.0 Å². The first kappa shape index (κ1) is 17.3. The Morgan fingerprint density at radius 2 is 1.87 bits per heavy atom. The highest BCUT2D eigenvalue weighted by Gasteiger charge is 2.26. The lowest BCUT2D eigenvalue weighted by molar-refractivity contribution is 0.448. The Kier molecular flexibility index (Phi) is 4.71. The van der Waals surface area contributed by atoms with Gasteiger partial charge < -0.3 is 10.2 Å². The Morgan fingerprint density at radius 3 is 2.43 bits per heavy atom. The fraction of sp³-hybridized carbons (Fsp3) is 0.333. The highest BCUT2D eigenvalue weighted by Crippen LogP contribution is 2.36. The second-order valence-electron chi connectivity index (χ2n) is 6.20. The van der Waals surface area contributed by atoms with Gasteiger partial charge in [-0.1, -0.05) is 19.9 Å². The fourth-order valence-corrected chi connectivity index (χ4v) is 4.41. The molecule has 5 heteroatoms. The van der Waals surface area contributed by atoms with Crippen molar-refractivity contribution >= 4 is 20.6 Å². The highest BCUT2D eigenvalue weighted by molar-refractivity contribution is 7.92. The van der Waals surface area contributed by atoms with Gasteiger partial charge in [0, 0.05) is 10.9 Å². The number of aromatic hydroxyl groups is 2. The zero-order valence-electron chi connectivity index (χ0n) is 13.6. The number of benzene rings is 2. The lowest BCUT2D eigenvalue weighted by atomic mass is 10.1. The molecule has 2 aromatic carbocycles. The average Bonchev–Trinajstić information content (AvgIpc) is 2.49. The molecule has 0 radical (unpaired) electrons. The molecule has 0 saturated heterocycles. The molecule has 23 heavy (non-hydrogen) atoms. The first-order chi connectivity index (χ1) is 10.7. The van der Waals surface area contributed by atoms with E-state index >= 15 is 0 Å². The third-order valence-corrected chi connectivity index (χ3v) is 6.10. The van der Waals surface area contributed by atoms with E-state index in [4.69, 9.17) is 0 Å². The summed E-state index contributed by atoms with van der Waals surface area (Å²) in [4.78, 5) is 0.165. The summed E-state index contributed by atoms with van der Waals surface area (Å²) in [6, 6.07) is 6.01. The zero-order valence-corrected chi connectivity index (χ0v) is 14.4. The summed E-state index contributed by atoms with van der Waals surface area (Å²) < 4.78 is 25.6. The van der Waals surface area contributed by atoms with Crippen molar-refractivity contribution in [1.29, 1.82) is 0 Å². The molecule has 1 atom stereocenters. The normalized spacial score (nSPS) is 13.4. The van der Waals surface area contributed by atoms with E-state index in [1.165, 1.54) is 24.3 Å². The average molecular weight is 334 g/mol. The number of fused-ring (bicyclic) bond motifs is 1. The van der Waals surface area contributed by atoms with Crippen molar-refractivity contribution in [2.24, 2.45) is 5.92 Å². The molecule has 2 N–H and O–H groups in total. The SMILES string of the molecule is C=CC(CC(C)C)S(=O)(=O)c1ccc2c(O)c(C)c(O)cc2c1. The standard InChI is InChI=1S/C18H22O4S/c1-5-14(8-11(2)3)23(21,22)15-6-7-16-13(9-15)10-17(19)12(4)18(16)20/h5-7,9-11,14,19-20H,1,8H2,2-4H3. The van der Waals surface area contributed by atoms with Crippen molar-refractivity contribution < 1.29 is 18.6 Å². The Hall–Kier alpha value is -2.01. The van der Waals surface area contributed by atoms with Crippen molar-refractivity contribution in [3.63, 3.8) is 0 Å². The maximum absolute atomic E-state index is 12.8. The molecule has 0 bridgehead atoms. The molecule has 0 spiro atoms. The molecule has 4 nitrogen and oxygen atoms in total. The second-order valence-corrected chi connectivity index (χ2v) is 8.37. The summed E-state index contributed by atoms with van der Waals surface area (Å²) in [5, 5.41) is 20.3. The number of phenolic OH excluding ortho intramolecular Hbond substituents is 2. The summed E-state index contributed by atoms with van der Waals surface area (Å²) in [6.45, 7) is 9.18. The monoisotopic (exact) mass is 334 g/mol. The van der Waals surface area contributed by atoms with E-state index in [2.05, 4.69) is 6.58 Å². The first-order valence-electron chi connectivity index (χ1n) is 7.50. The molecule has 0 aliphatic carbocycles. The molecule has 0 aromatic heterocycles. The molecule has 0 fully saturated rings. The molecule has 0 aliphatic heterocycles. The van der Waals surface area contributed by atoms with Gasteiger partial charge in [0.1, 0.15) is 11.5 Å². The lowest BCUT2D eigenvalue weighted by Gasteiger charge is -2.17. The Morgan fingerprint density at radius 1 is 1.22 bits per heavy atom. The molecule has 124 valence electrons. The van der Waals surface area contributed by atoms with Crippen LogP contribution in [0.5, 0.6) is 11.5 Å². The minimum absolute atomic E-state index is 0.0357. The summed E-state index contributed by atoms with van der Waals surface area (Å²) in [5.41, 5.74) is 0.372. The molecule has 2 rings (SSSR count). The molecular formula is C18H22O4S. The van der Waals surface area contributed by atoms with E-state index in [1.807, 2.05) is 13.8 Å². The summed E-state index contributed by atoms with van der Waals surface area (Å²) in [7, 11) is -3.55. The zero-order chi connectivity index (χ0) is 17.4. The predicted molar refractivity (Wildman–Crippen MR) is 92.6 cm³/mol. The van der Waals surface area contributed by atoms with Gasteiger partial charge >= 0.3 is 0 Å². The van der Waals surface area contributed by atoms with Crippen molar-refractivity contribution in [3.05, 3.63) is 42.5 Å². The van der Waals surface area contributed by atoms with Gasteiger partial charge in [0.15, 0.2) is 9.84 Å². The van der Waals surface area contributed by atoms with Crippen LogP contribution in [-0.2, 0) is 9.84 Å². The molecule has 0 amide bonds. The van der Waals surface area contributed by atoms with Gasteiger partial charge in [-0.05, 0) is 48.9 Å². The van der Waals surface area contributed by atoms with E-state index in [-0.39, 0.29) is 22.3 Å². The van der Waals surface area contributed by atoms with Crippen LogP contribution in [0.15, 0.2) is 41.8 Å². The maximum Gasteiger partial charge on any atom is 0.184 e. The molecule has 0 aliphatic rings. The van der Waals surface area contributed by atoms with Gasteiger partial charge in [0.25, 0.3) is 0 Å². The molecule has 2 aromatic rings. The Bertz CT molecular complexity index is 851. The summed E-state index contributed by atoms with van der Waals surface area (Å²) in [5.74, 6) is 0.127. The van der Waals surface area contributed by atoms with E-state index in [9.17, 15) is 18.6 Å². The molecule has 1 unspecified atom stereocenters. The van der Waals surface area contributed by atoms with Crippen molar-refractivity contribution in [3.8, 4) is 11.5 Å². The Balaban J connectivity index is 2.60. The highest BCUT2D eigenvalue weighted by atomic mass is 32.2. The smallest absolute Gasteiger partial charge is 0.184 e. The number of sulfone groups is 1. The van der Waals surface area contributed by atoms with Gasteiger partial charge in [0.05, 0.1) is 10.1 Å². The summed E-state index contributed by atoms with van der Waals surface area (Å²) in [6.07, 6.45) is 1.96. The minimum atomic E-state index is -3.55. The van der Waals surface area contributed by atoms with Crippen LogP contribution in [0, 0.1) is 12.8 Å². The van der Waals surface area contributed by atoms with Crippen molar-refractivity contribution in [2.75, 3.05) is 0 Å². The number of phenols is 2. The van der Waals surface area contributed by atoms with E-state index in [0.29, 0.717) is 22.8 Å². The largest absolute Gasteiger partial charge is 0.508 e. The molecule has 0 saturated carbocycles. The van der Waals surface area contributed by atoms with Crippen LogP contribution in [0.25, 0.3) is 10.8 Å². The third kappa shape index (κ3) is 3.20. The van der Waals surface area contributed by atoms with Gasteiger partial charge in [-0.3, -0.25) is 0 Å². The topological polar surface area (TPSA) is 74.6 Å². The number of hydrogen-bond acceptors (Lipinski definition) is 4. The van der Waals surface area contributed by atoms with Gasteiger partial charge in [0.2, 0.25) is 0 Å². The summed E-state index contributed by atoms with van der Waals surface area (Å²) >= 11 is 0. The van der Waals surface area contributed by atoms with Crippen LogP contribution in [0.3, 0.4) is 0 Å². The second kappa shape index (κ2) is 6.24. The van der Waals surface area contributed by atoms with Gasteiger partial charge in [-0.2, -0.15) is 0 Å². The van der Waals surface area contributed by atoms with Gasteiger partial charge in [-0.15, -0.1) is 6.58 Å². The van der Waals surface area contributed by atoms with Crippen molar-refractivity contribution in [2.45, 2.75) is 37.3 Å². The van der Waals surface area contributed by atoms with Crippen LogP contribution in [0.1, 0.15) is 25.8 Å². The fourth-order valence-electron chi connectivity index (χ4n) is 2.62. The van der Waals surface area contributed by atoms with Crippen LogP contribution < -0.4 is 0 Å². The predicted octanol–water partition coefficient (Wildman–Crippen LogP) is 3.93. The quantitative estimate of drug-likeness (QED) is 0.812. The van der Waals surface area contributed by atoms with E-state index in [0.717, 1.165) is 0 Å². The molecule has 0 heterocycles. The van der Waals surface area contributed by atoms with Crippen molar-refractivity contribution in [1.82, 2.24) is 0 Å². The maximum atomic E-state index is 12.8. The van der Waals surface area contributed by atoms with Crippen LogP contribution in [0.2, 0.25) is 0 Å². The molecular weight excluding hydrogens is 312 g/mol.